The molecule has 2 nitrogen and oxygen atoms in total. The van der Waals surface area contributed by atoms with Gasteiger partial charge in [0.2, 0.25) is 0 Å². The summed E-state index contributed by atoms with van der Waals surface area (Å²) in [6.45, 7) is 8.69. The van der Waals surface area contributed by atoms with Crippen molar-refractivity contribution in [2.45, 2.75) is 33.7 Å². The molecule has 0 radical (unpaired) electrons. The lowest BCUT2D eigenvalue weighted by Gasteiger charge is -2.20. The smallest absolute Gasteiger partial charge is 0.141 e. The molecule has 0 bridgehead atoms. The van der Waals surface area contributed by atoms with Gasteiger partial charge < -0.3 is 10.1 Å². The first-order valence-electron chi connectivity index (χ1n) is 5.45. The Labute approximate surface area is 92.6 Å². The van der Waals surface area contributed by atoms with E-state index in [0.717, 1.165) is 11.4 Å². The molecule has 0 spiro atoms. The van der Waals surface area contributed by atoms with E-state index in [1.807, 2.05) is 6.07 Å². The molecule has 15 heavy (non-hydrogen) atoms. The molecule has 84 valence electrons. The molecule has 0 heterocycles. The molecule has 0 aliphatic rings. The third-order valence-electron chi connectivity index (χ3n) is 2.74. The van der Waals surface area contributed by atoms with Crippen LogP contribution in [0.15, 0.2) is 18.2 Å². The SMILES string of the molecule is COc1ccc(C)cc1N[C@H](C)C(C)C. The molecular formula is C13H21NO. The van der Waals surface area contributed by atoms with Gasteiger partial charge in [0.25, 0.3) is 0 Å². The van der Waals surface area contributed by atoms with Crippen LogP contribution in [0, 0.1) is 12.8 Å². The number of aryl methyl sites for hydroxylation is 1. The molecule has 0 aliphatic heterocycles. The quantitative estimate of drug-likeness (QED) is 0.816. The van der Waals surface area contributed by atoms with Gasteiger partial charge in [-0.25, -0.2) is 0 Å². The molecule has 1 N–H and O–H groups in total. The van der Waals surface area contributed by atoms with Crippen molar-refractivity contribution in [1.29, 1.82) is 0 Å². The van der Waals surface area contributed by atoms with Crippen molar-refractivity contribution in [2.24, 2.45) is 5.92 Å². The third kappa shape index (κ3) is 3.15. The predicted octanol–water partition coefficient (Wildman–Crippen LogP) is 3.46. The standard InChI is InChI=1S/C13H21NO/c1-9(2)11(4)14-12-8-10(3)6-7-13(12)15-5/h6-9,11,14H,1-5H3/t11-/m1/s1. The zero-order valence-electron chi connectivity index (χ0n) is 10.3. The van der Waals surface area contributed by atoms with Crippen LogP contribution in [-0.4, -0.2) is 13.2 Å². The number of rotatable bonds is 4. The highest BCUT2D eigenvalue weighted by Gasteiger charge is 2.09. The summed E-state index contributed by atoms with van der Waals surface area (Å²) in [7, 11) is 1.70. The lowest BCUT2D eigenvalue weighted by Crippen LogP contribution is -2.21. The lowest BCUT2D eigenvalue weighted by molar-refractivity contribution is 0.415. The van der Waals surface area contributed by atoms with Crippen molar-refractivity contribution >= 4 is 5.69 Å². The van der Waals surface area contributed by atoms with E-state index in [0.29, 0.717) is 12.0 Å². The van der Waals surface area contributed by atoms with Gasteiger partial charge in [-0.2, -0.15) is 0 Å². The Morgan fingerprint density at radius 2 is 1.87 bits per heavy atom. The molecule has 1 aromatic rings. The second-order valence-electron chi connectivity index (χ2n) is 4.38. The number of anilines is 1. The van der Waals surface area contributed by atoms with Gasteiger partial charge in [-0.3, -0.25) is 0 Å². The van der Waals surface area contributed by atoms with Crippen molar-refractivity contribution in [3.05, 3.63) is 23.8 Å². The fourth-order valence-electron chi connectivity index (χ4n) is 1.35. The summed E-state index contributed by atoms with van der Waals surface area (Å²) in [5.41, 5.74) is 2.33. The molecule has 1 atom stereocenters. The lowest BCUT2D eigenvalue weighted by atomic mass is 10.1. The second-order valence-corrected chi connectivity index (χ2v) is 4.38. The third-order valence-corrected chi connectivity index (χ3v) is 2.74. The minimum Gasteiger partial charge on any atom is -0.495 e. The first-order valence-corrected chi connectivity index (χ1v) is 5.45. The Morgan fingerprint density at radius 1 is 1.20 bits per heavy atom. The first kappa shape index (κ1) is 11.9. The number of methoxy groups -OCH3 is 1. The maximum absolute atomic E-state index is 5.32. The topological polar surface area (TPSA) is 21.3 Å². The van der Waals surface area contributed by atoms with Crippen LogP contribution in [0.4, 0.5) is 5.69 Å². The largest absolute Gasteiger partial charge is 0.495 e. The van der Waals surface area contributed by atoms with Crippen molar-refractivity contribution in [3.8, 4) is 5.75 Å². The summed E-state index contributed by atoms with van der Waals surface area (Å²) >= 11 is 0. The predicted molar refractivity (Wildman–Crippen MR) is 65.7 cm³/mol. The first-order chi connectivity index (χ1) is 7.04. The molecule has 0 saturated heterocycles. The van der Waals surface area contributed by atoms with E-state index in [1.54, 1.807) is 7.11 Å². The van der Waals surface area contributed by atoms with Crippen molar-refractivity contribution in [1.82, 2.24) is 0 Å². The van der Waals surface area contributed by atoms with E-state index in [9.17, 15) is 0 Å². The monoisotopic (exact) mass is 207 g/mol. The zero-order valence-corrected chi connectivity index (χ0v) is 10.3. The molecular weight excluding hydrogens is 186 g/mol. The van der Waals surface area contributed by atoms with Crippen LogP contribution in [-0.2, 0) is 0 Å². The van der Waals surface area contributed by atoms with E-state index in [4.69, 9.17) is 4.74 Å². The van der Waals surface area contributed by atoms with E-state index in [-0.39, 0.29) is 0 Å². The van der Waals surface area contributed by atoms with Crippen LogP contribution in [0.3, 0.4) is 0 Å². The van der Waals surface area contributed by atoms with Crippen LogP contribution in [0.1, 0.15) is 26.3 Å². The second kappa shape index (κ2) is 5.06. The molecule has 0 unspecified atom stereocenters. The van der Waals surface area contributed by atoms with Gasteiger partial charge >= 0.3 is 0 Å². The Kier molecular flexibility index (Phi) is 4.01. The normalized spacial score (nSPS) is 12.7. The van der Waals surface area contributed by atoms with Gasteiger partial charge in [0.15, 0.2) is 0 Å². The molecule has 0 amide bonds. The highest BCUT2D eigenvalue weighted by Crippen LogP contribution is 2.26. The summed E-state index contributed by atoms with van der Waals surface area (Å²) in [4.78, 5) is 0. The van der Waals surface area contributed by atoms with E-state index in [1.165, 1.54) is 5.56 Å². The molecule has 2 heteroatoms. The van der Waals surface area contributed by atoms with Crippen LogP contribution >= 0.6 is 0 Å². The summed E-state index contributed by atoms with van der Waals surface area (Å²) in [6.07, 6.45) is 0. The highest BCUT2D eigenvalue weighted by molar-refractivity contribution is 5.58. The zero-order chi connectivity index (χ0) is 11.4. The molecule has 1 aromatic carbocycles. The highest BCUT2D eigenvalue weighted by atomic mass is 16.5. The van der Waals surface area contributed by atoms with Gasteiger partial charge in [0, 0.05) is 6.04 Å². The van der Waals surface area contributed by atoms with Crippen LogP contribution in [0.5, 0.6) is 5.75 Å². The Hall–Kier alpha value is -1.18. The Balaban J connectivity index is 2.87. The fourth-order valence-corrected chi connectivity index (χ4v) is 1.35. The summed E-state index contributed by atoms with van der Waals surface area (Å²) in [6, 6.07) is 6.63. The average Bonchev–Trinajstić information content (AvgIpc) is 2.18. The minimum absolute atomic E-state index is 0.445. The number of benzene rings is 1. The van der Waals surface area contributed by atoms with Gasteiger partial charge in [-0.15, -0.1) is 0 Å². The molecule has 1 rings (SSSR count). The van der Waals surface area contributed by atoms with Crippen molar-refractivity contribution in [3.63, 3.8) is 0 Å². The van der Waals surface area contributed by atoms with Gasteiger partial charge in [0.1, 0.15) is 5.75 Å². The summed E-state index contributed by atoms with van der Waals surface area (Å²) in [5, 5.41) is 3.48. The molecule has 0 aromatic heterocycles. The molecule has 0 aliphatic carbocycles. The maximum Gasteiger partial charge on any atom is 0.141 e. The van der Waals surface area contributed by atoms with Crippen molar-refractivity contribution < 1.29 is 4.74 Å². The summed E-state index contributed by atoms with van der Waals surface area (Å²) in [5.74, 6) is 1.52. The number of hydrogen-bond donors (Lipinski definition) is 1. The van der Waals surface area contributed by atoms with Crippen LogP contribution < -0.4 is 10.1 Å². The Morgan fingerprint density at radius 3 is 2.40 bits per heavy atom. The summed E-state index contributed by atoms with van der Waals surface area (Å²) < 4.78 is 5.32. The van der Waals surface area contributed by atoms with E-state index < -0.39 is 0 Å². The van der Waals surface area contributed by atoms with Crippen molar-refractivity contribution in [2.75, 3.05) is 12.4 Å². The van der Waals surface area contributed by atoms with Gasteiger partial charge in [-0.05, 0) is 37.5 Å². The number of ether oxygens (including phenoxy) is 1. The van der Waals surface area contributed by atoms with Crippen LogP contribution in [0.2, 0.25) is 0 Å². The molecule has 0 saturated carbocycles. The minimum atomic E-state index is 0.445. The fraction of sp³-hybridized carbons (Fsp3) is 0.538. The Bertz CT molecular complexity index is 320. The molecule has 0 fully saturated rings. The average molecular weight is 207 g/mol. The number of hydrogen-bond acceptors (Lipinski definition) is 2. The maximum atomic E-state index is 5.32. The van der Waals surface area contributed by atoms with Gasteiger partial charge in [0.05, 0.1) is 12.8 Å². The van der Waals surface area contributed by atoms with Crippen LogP contribution in [0.25, 0.3) is 0 Å². The van der Waals surface area contributed by atoms with Gasteiger partial charge in [-0.1, -0.05) is 19.9 Å². The number of nitrogens with one attached hydrogen (secondary N) is 1. The van der Waals surface area contributed by atoms with E-state index >= 15 is 0 Å². The van der Waals surface area contributed by atoms with E-state index in [2.05, 4.69) is 45.1 Å².